The van der Waals surface area contributed by atoms with E-state index in [-0.39, 0.29) is 17.4 Å². The Kier molecular flexibility index (Phi) is 8.90. The van der Waals surface area contributed by atoms with Crippen LogP contribution in [0.1, 0.15) is 71.0 Å². The highest BCUT2D eigenvalue weighted by Gasteiger charge is 2.60. The highest BCUT2D eigenvalue weighted by atomic mass is 35.5. The first-order valence-corrected chi connectivity index (χ1v) is 15.9. The van der Waals surface area contributed by atoms with Gasteiger partial charge in [-0.25, -0.2) is 9.78 Å². The molecule has 1 saturated heterocycles. The van der Waals surface area contributed by atoms with Crippen molar-refractivity contribution in [3.8, 4) is 5.88 Å². The topological polar surface area (TPSA) is 91.2 Å². The van der Waals surface area contributed by atoms with Gasteiger partial charge in [0.25, 0.3) is 0 Å². The second-order valence-corrected chi connectivity index (χ2v) is 13.7. The van der Waals surface area contributed by atoms with Gasteiger partial charge in [-0.3, -0.25) is 14.7 Å². The number of aliphatic imine (C=N–C) groups is 1. The largest absolute Gasteiger partial charge is 0.477 e. The minimum Gasteiger partial charge on any atom is -0.477 e. The fourth-order valence-corrected chi connectivity index (χ4v) is 6.30. The average molecular weight is 652 g/mol. The molecule has 1 aromatic heterocycles. The Hall–Kier alpha value is -3.69. The number of amides is 3. The van der Waals surface area contributed by atoms with Crippen LogP contribution in [0.25, 0.3) is 0 Å². The van der Waals surface area contributed by atoms with Gasteiger partial charge in [-0.05, 0) is 56.2 Å². The minimum absolute atomic E-state index is 0.00992. The number of rotatable bonds is 5. The number of halogens is 2. The van der Waals surface area contributed by atoms with Crippen LogP contribution >= 0.6 is 23.2 Å². The van der Waals surface area contributed by atoms with Gasteiger partial charge < -0.3 is 14.5 Å². The highest BCUT2D eigenvalue weighted by Crippen LogP contribution is 2.54. The number of piperazine rings is 1. The number of carbonyl (C=O) groups is 2. The standard InChI is InChI=1S/C34H40Cl2N6O3/c1-8-45-29-27(21-37-30(38-29)32(3,4)5)28-39-33(6,23-9-13-25(35)14-10-23)34(7,24-11-15-26(36)16-12-24)42(28)31(44)41-19-17-40(18-20-41)22(2)43/h9-16,21H,8,17-20H2,1-7H3/t33-,34+/m0/s1. The molecular formula is C34H40Cl2N6O3. The number of benzene rings is 2. The summed E-state index contributed by atoms with van der Waals surface area (Å²) < 4.78 is 6.12. The first-order valence-electron chi connectivity index (χ1n) is 15.2. The monoisotopic (exact) mass is 650 g/mol. The number of hydrogen-bond donors (Lipinski definition) is 0. The first-order chi connectivity index (χ1) is 21.2. The predicted molar refractivity (Wildman–Crippen MR) is 177 cm³/mol. The van der Waals surface area contributed by atoms with E-state index in [4.69, 9.17) is 42.9 Å². The van der Waals surface area contributed by atoms with Crippen LogP contribution in [0.3, 0.4) is 0 Å². The maximum Gasteiger partial charge on any atom is 0.326 e. The van der Waals surface area contributed by atoms with Crippen molar-refractivity contribution < 1.29 is 14.3 Å². The van der Waals surface area contributed by atoms with Gasteiger partial charge in [-0.1, -0.05) is 68.2 Å². The lowest BCUT2D eigenvalue weighted by atomic mass is 9.71. The summed E-state index contributed by atoms with van der Waals surface area (Å²) in [5, 5.41) is 1.18. The lowest BCUT2D eigenvalue weighted by molar-refractivity contribution is -0.130. The lowest BCUT2D eigenvalue weighted by Gasteiger charge is -2.47. The molecule has 3 aromatic rings. The van der Waals surface area contributed by atoms with Gasteiger partial charge in [0, 0.05) is 54.8 Å². The quantitative estimate of drug-likeness (QED) is 0.308. The molecule has 2 aromatic carbocycles. The Balaban J connectivity index is 1.76. The molecular weight excluding hydrogens is 611 g/mol. The zero-order chi connectivity index (χ0) is 32.7. The summed E-state index contributed by atoms with van der Waals surface area (Å²) in [6.45, 7) is 15.6. The van der Waals surface area contributed by atoms with E-state index in [1.54, 1.807) is 27.8 Å². The van der Waals surface area contributed by atoms with E-state index in [9.17, 15) is 9.59 Å². The van der Waals surface area contributed by atoms with Gasteiger partial charge in [0.2, 0.25) is 11.8 Å². The van der Waals surface area contributed by atoms with Gasteiger partial charge in [-0.15, -0.1) is 0 Å². The summed E-state index contributed by atoms with van der Waals surface area (Å²) in [4.78, 5) is 47.3. The van der Waals surface area contributed by atoms with Crippen molar-refractivity contribution in [2.75, 3.05) is 32.8 Å². The molecule has 11 heteroatoms. The minimum atomic E-state index is -1.05. The number of aromatic nitrogens is 2. The van der Waals surface area contributed by atoms with E-state index in [0.29, 0.717) is 65.9 Å². The van der Waals surface area contributed by atoms with Crippen LogP contribution in [-0.2, 0) is 21.3 Å². The van der Waals surface area contributed by atoms with Gasteiger partial charge in [0.15, 0.2) is 0 Å². The third-order valence-corrected chi connectivity index (χ3v) is 9.39. The van der Waals surface area contributed by atoms with Crippen molar-refractivity contribution in [2.24, 2.45) is 4.99 Å². The molecule has 2 aliphatic heterocycles. The molecule has 2 aliphatic rings. The van der Waals surface area contributed by atoms with Crippen LogP contribution < -0.4 is 4.74 Å². The second-order valence-electron chi connectivity index (χ2n) is 12.8. The Labute approximate surface area is 275 Å². The molecule has 9 nitrogen and oxygen atoms in total. The van der Waals surface area contributed by atoms with Gasteiger partial charge >= 0.3 is 6.03 Å². The van der Waals surface area contributed by atoms with Gasteiger partial charge in [0.05, 0.1) is 12.2 Å². The molecule has 0 spiro atoms. The smallest absolute Gasteiger partial charge is 0.326 e. The van der Waals surface area contributed by atoms with Crippen molar-refractivity contribution in [2.45, 2.75) is 65.0 Å². The molecule has 45 heavy (non-hydrogen) atoms. The first kappa shape index (κ1) is 32.7. The maximum atomic E-state index is 14.9. The van der Waals surface area contributed by atoms with Crippen LogP contribution in [-0.4, -0.2) is 75.2 Å². The number of hydrogen-bond acceptors (Lipinski definition) is 6. The van der Waals surface area contributed by atoms with Crippen molar-refractivity contribution in [3.63, 3.8) is 0 Å². The van der Waals surface area contributed by atoms with E-state index in [1.165, 1.54) is 0 Å². The predicted octanol–water partition coefficient (Wildman–Crippen LogP) is 6.66. The SMILES string of the molecule is CCOc1nc(C(C)(C)C)ncc1C1=N[C@@](C)(c2ccc(Cl)cc2)[C@@](C)(c2ccc(Cl)cc2)N1C(=O)N1CCN(C(C)=O)CC1. The number of urea groups is 1. The van der Waals surface area contributed by atoms with Crippen LogP contribution in [0.4, 0.5) is 4.79 Å². The molecule has 0 radical (unpaired) electrons. The molecule has 238 valence electrons. The maximum absolute atomic E-state index is 14.9. The van der Waals surface area contributed by atoms with Crippen molar-refractivity contribution >= 4 is 41.0 Å². The third kappa shape index (κ3) is 5.88. The lowest BCUT2D eigenvalue weighted by Crippen LogP contribution is -2.61. The zero-order valence-corrected chi connectivity index (χ0v) is 28.4. The number of ether oxygens (including phenoxy) is 1. The fraction of sp³-hybridized carbons (Fsp3) is 0.441. The number of nitrogens with zero attached hydrogens (tertiary/aromatic N) is 6. The molecule has 0 bridgehead atoms. The Morgan fingerprint density at radius 1 is 0.889 bits per heavy atom. The summed E-state index contributed by atoms with van der Waals surface area (Å²) >= 11 is 12.7. The van der Waals surface area contributed by atoms with Crippen molar-refractivity contribution in [1.82, 2.24) is 24.7 Å². The van der Waals surface area contributed by atoms with Crippen molar-refractivity contribution in [1.29, 1.82) is 0 Å². The van der Waals surface area contributed by atoms with Crippen LogP contribution in [0.5, 0.6) is 5.88 Å². The molecule has 1 fully saturated rings. The summed E-state index contributed by atoms with van der Waals surface area (Å²) in [7, 11) is 0. The van der Waals surface area contributed by atoms with Crippen LogP contribution in [0, 0.1) is 0 Å². The van der Waals surface area contributed by atoms with E-state index in [2.05, 4.69) is 0 Å². The van der Waals surface area contributed by atoms with Gasteiger partial charge in [-0.2, -0.15) is 4.98 Å². The molecule has 3 heterocycles. The molecule has 0 aliphatic carbocycles. The fourth-order valence-electron chi connectivity index (χ4n) is 6.05. The molecule has 5 rings (SSSR count). The summed E-state index contributed by atoms with van der Waals surface area (Å²) in [6.07, 6.45) is 1.71. The Morgan fingerprint density at radius 3 is 1.93 bits per heavy atom. The highest BCUT2D eigenvalue weighted by molar-refractivity contribution is 6.30. The van der Waals surface area contributed by atoms with E-state index in [0.717, 1.165) is 11.1 Å². The Morgan fingerprint density at radius 2 is 1.42 bits per heavy atom. The van der Waals surface area contributed by atoms with Gasteiger partial charge in [0.1, 0.15) is 22.7 Å². The molecule has 3 amide bonds. The molecule has 0 N–H and O–H groups in total. The summed E-state index contributed by atoms with van der Waals surface area (Å²) in [5.74, 6) is 1.36. The number of amidine groups is 1. The van der Waals surface area contributed by atoms with Crippen LogP contribution in [0.15, 0.2) is 59.7 Å². The number of carbonyl (C=O) groups excluding carboxylic acids is 2. The van der Waals surface area contributed by atoms with E-state index >= 15 is 0 Å². The third-order valence-electron chi connectivity index (χ3n) is 8.88. The van der Waals surface area contributed by atoms with E-state index in [1.807, 2.05) is 90.1 Å². The van der Waals surface area contributed by atoms with E-state index < -0.39 is 11.1 Å². The summed E-state index contributed by atoms with van der Waals surface area (Å²) in [6, 6.07) is 14.8. The molecule has 0 unspecified atom stereocenters. The second kappa shape index (κ2) is 12.2. The van der Waals surface area contributed by atoms with Crippen molar-refractivity contribution in [3.05, 3.63) is 87.3 Å². The van der Waals surface area contributed by atoms with Crippen LogP contribution in [0.2, 0.25) is 10.0 Å². The normalized spacial score (nSPS) is 22.0. The average Bonchev–Trinajstić information content (AvgIpc) is 3.25. The molecule has 2 atom stereocenters. The molecule has 0 saturated carbocycles. The zero-order valence-electron chi connectivity index (χ0n) is 26.9. The summed E-state index contributed by atoms with van der Waals surface area (Å²) in [5.41, 5.74) is -0.166. The Bertz CT molecular complexity index is 1610.